The lowest BCUT2D eigenvalue weighted by molar-refractivity contribution is -0.111. The van der Waals surface area contributed by atoms with Crippen molar-refractivity contribution in [1.29, 1.82) is 0 Å². The summed E-state index contributed by atoms with van der Waals surface area (Å²) in [4.78, 5) is 11.7. The van der Waals surface area contributed by atoms with Gasteiger partial charge in [-0.25, -0.2) is 0 Å². The van der Waals surface area contributed by atoms with Crippen LogP contribution in [0.2, 0.25) is 10.0 Å². The van der Waals surface area contributed by atoms with Gasteiger partial charge in [-0.1, -0.05) is 53.5 Å². The number of hydrogen-bond donors (Lipinski definition) is 1. The monoisotopic (exact) mass is 305 g/mol. The van der Waals surface area contributed by atoms with E-state index in [-0.39, 0.29) is 5.78 Å². The Labute approximate surface area is 128 Å². The van der Waals surface area contributed by atoms with E-state index in [0.717, 1.165) is 11.3 Å². The van der Waals surface area contributed by atoms with Crippen LogP contribution < -0.4 is 5.32 Å². The number of nitrogens with one attached hydrogen (secondary N) is 1. The van der Waals surface area contributed by atoms with Crippen LogP contribution in [0.5, 0.6) is 0 Å². The third-order valence-corrected chi connectivity index (χ3v) is 3.15. The zero-order valence-corrected chi connectivity index (χ0v) is 12.4. The fraction of sp³-hybridized carbons (Fsp3) is 0.0625. The molecule has 0 fully saturated rings. The van der Waals surface area contributed by atoms with Gasteiger partial charge >= 0.3 is 0 Å². The van der Waals surface area contributed by atoms with Crippen molar-refractivity contribution in [3.8, 4) is 0 Å². The number of ketones is 1. The highest BCUT2D eigenvalue weighted by molar-refractivity contribution is 6.35. The first-order valence-corrected chi connectivity index (χ1v) is 6.81. The Balaban J connectivity index is 2.29. The molecule has 0 saturated carbocycles. The highest BCUT2D eigenvalue weighted by Gasteiger charge is 2.06. The zero-order valence-electron chi connectivity index (χ0n) is 10.9. The summed E-state index contributed by atoms with van der Waals surface area (Å²) in [5.74, 6) is -0.0168. The van der Waals surface area contributed by atoms with Crippen LogP contribution in [-0.4, -0.2) is 5.78 Å². The minimum atomic E-state index is -0.0168. The Morgan fingerprint density at radius 1 is 1.05 bits per heavy atom. The topological polar surface area (TPSA) is 29.1 Å². The van der Waals surface area contributed by atoms with Gasteiger partial charge in [0.25, 0.3) is 0 Å². The summed E-state index contributed by atoms with van der Waals surface area (Å²) in [5.41, 5.74) is 2.19. The minimum Gasteiger partial charge on any atom is -0.361 e. The first-order valence-electron chi connectivity index (χ1n) is 6.05. The number of allylic oxidation sites excluding steroid dienone is 1. The molecule has 1 N–H and O–H groups in total. The van der Waals surface area contributed by atoms with Crippen LogP contribution in [0.15, 0.2) is 54.7 Å². The molecule has 0 aliphatic rings. The maximum absolute atomic E-state index is 11.7. The number of halogens is 2. The Morgan fingerprint density at radius 3 is 2.20 bits per heavy atom. The normalized spacial score (nSPS) is 11.2. The molecule has 0 bridgehead atoms. The van der Waals surface area contributed by atoms with Crippen LogP contribution in [-0.2, 0) is 4.79 Å². The van der Waals surface area contributed by atoms with Gasteiger partial charge in [-0.05, 0) is 30.7 Å². The van der Waals surface area contributed by atoms with E-state index in [9.17, 15) is 4.79 Å². The molecule has 0 aliphatic heterocycles. The second-order valence-corrected chi connectivity index (χ2v) is 5.16. The number of rotatable bonds is 4. The quantitative estimate of drug-likeness (QED) is 0.802. The van der Waals surface area contributed by atoms with Crippen LogP contribution in [0.1, 0.15) is 12.5 Å². The van der Waals surface area contributed by atoms with Crippen molar-refractivity contribution in [2.75, 3.05) is 5.32 Å². The lowest BCUT2D eigenvalue weighted by Crippen LogP contribution is -1.99. The fourth-order valence-corrected chi connectivity index (χ4v) is 2.32. The molecule has 0 unspecified atom stereocenters. The molecule has 4 heteroatoms. The summed E-state index contributed by atoms with van der Waals surface area (Å²) >= 11 is 11.9. The van der Waals surface area contributed by atoms with E-state index < -0.39 is 0 Å². The summed E-state index contributed by atoms with van der Waals surface area (Å²) < 4.78 is 0. The predicted octanol–water partition coefficient (Wildman–Crippen LogP) is 5.04. The van der Waals surface area contributed by atoms with Gasteiger partial charge in [0.05, 0.1) is 0 Å². The molecule has 0 saturated heterocycles. The molecule has 2 aromatic rings. The van der Waals surface area contributed by atoms with Crippen molar-refractivity contribution in [3.05, 3.63) is 70.3 Å². The number of Topliss-reactive ketones (excluding diaryl/α,β-unsaturated/α-hetero) is 1. The van der Waals surface area contributed by atoms with E-state index >= 15 is 0 Å². The van der Waals surface area contributed by atoms with Gasteiger partial charge in [0.15, 0.2) is 5.78 Å². The molecule has 0 amide bonds. The second kappa shape index (κ2) is 6.60. The van der Waals surface area contributed by atoms with Gasteiger partial charge in [0.2, 0.25) is 0 Å². The smallest absolute Gasteiger partial charge is 0.161 e. The standard InChI is InChI=1S/C16H13Cl2NO/c1-11(20)16(12-5-3-2-4-6-12)10-19-15-8-13(17)7-14(18)9-15/h2-10,19H,1H3/b16-10+. The van der Waals surface area contributed by atoms with E-state index in [0.29, 0.717) is 15.6 Å². The van der Waals surface area contributed by atoms with E-state index in [1.807, 2.05) is 30.3 Å². The van der Waals surface area contributed by atoms with E-state index in [4.69, 9.17) is 23.2 Å². The van der Waals surface area contributed by atoms with Gasteiger partial charge in [0.1, 0.15) is 0 Å². The average Bonchev–Trinajstić information content (AvgIpc) is 2.38. The van der Waals surface area contributed by atoms with Crippen molar-refractivity contribution < 1.29 is 4.79 Å². The average molecular weight is 306 g/mol. The first-order chi connectivity index (χ1) is 9.56. The summed E-state index contributed by atoms with van der Waals surface area (Å²) in [6.07, 6.45) is 1.67. The van der Waals surface area contributed by atoms with Gasteiger partial charge < -0.3 is 5.32 Å². The third kappa shape index (κ3) is 3.86. The van der Waals surface area contributed by atoms with Crippen LogP contribution >= 0.6 is 23.2 Å². The van der Waals surface area contributed by atoms with Gasteiger partial charge in [0, 0.05) is 27.5 Å². The molecule has 2 rings (SSSR count). The summed E-state index contributed by atoms with van der Waals surface area (Å²) in [6.45, 7) is 1.53. The molecule has 0 aromatic heterocycles. The third-order valence-electron chi connectivity index (χ3n) is 2.71. The first kappa shape index (κ1) is 14.6. The minimum absolute atomic E-state index is 0.0168. The van der Waals surface area contributed by atoms with Crippen molar-refractivity contribution in [1.82, 2.24) is 0 Å². The molecule has 0 aliphatic carbocycles. The summed E-state index contributed by atoms with van der Waals surface area (Å²) in [6, 6.07) is 14.6. The second-order valence-electron chi connectivity index (χ2n) is 4.28. The van der Waals surface area contributed by atoms with Crippen LogP contribution in [0.4, 0.5) is 5.69 Å². The Kier molecular flexibility index (Phi) is 4.83. The van der Waals surface area contributed by atoms with Gasteiger partial charge in [-0.3, -0.25) is 4.79 Å². The van der Waals surface area contributed by atoms with E-state index in [2.05, 4.69) is 5.32 Å². The molecule has 20 heavy (non-hydrogen) atoms. The predicted molar refractivity (Wildman–Crippen MR) is 85.2 cm³/mol. The number of carbonyl (C=O) groups is 1. The largest absolute Gasteiger partial charge is 0.361 e. The summed E-state index contributed by atoms with van der Waals surface area (Å²) in [5, 5.41) is 4.13. The van der Waals surface area contributed by atoms with Crippen LogP contribution in [0.25, 0.3) is 5.57 Å². The van der Waals surface area contributed by atoms with Crippen molar-refractivity contribution in [2.24, 2.45) is 0 Å². The highest BCUT2D eigenvalue weighted by atomic mass is 35.5. The molecule has 0 radical (unpaired) electrons. The molecular weight excluding hydrogens is 293 g/mol. The molecule has 0 atom stereocenters. The Hall–Kier alpha value is -1.77. The number of hydrogen-bond acceptors (Lipinski definition) is 2. The van der Waals surface area contributed by atoms with Crippen molar-refractivity contribution >= 4 is 40.2 Å². The lowest BCUT2D eigenvalue weighted by Gasteiger charge is -2.07. The molecular formula is C16H13Cl2NO. The van der Waals surface area contributed by atoms with Crippen LogP contribution in [0, 0.1) is 0 Å². The zero-order chi connectivity index (χ0) is 14.5. The fourth-order valence-electron chi connectivity index (χ4n) is 1.80. The number of carbonyl (C=O) groups excluding carboxylic acids is 1. The highest BCUT2D eigenvalue weighted by Crippen LogP contribution is 2.23. The SMILES string of the molecule is CC(=O)/C(=C\Nc1cc(Cl)cc(Cl)c1)c1ccccc1. The van der Waals surface area contributed by atoms with E-state index in [1.165, 1.54) is 6.92 Å². The van der Waals surface area contributed by atoms with Crippen molar-refractivity contribution in [2.45, 2.75) is 6.92 Å². The maximum atomic E-state index is 11.7. The number of benzene rings is 2. The summed E-state index contributed by atoms with van der Waals surface area (Å²) in [7, 11) is 0. The van der Waals surface area contributed by atoms with Crippen LogP contribution in [0.3, 0.4) is 0 Å². The Morgan fingerprint density at radius 2 is 1.65 bits per heavy atom. The molecule has 2 nitrogen and oxygen atoms in total. The molecule has 2 aromatic carbocycles. The number of anilines is 1. The lowest BCUT2D eigenvalue weighted by atomic mass is 10.0. The molecule has 0 heterocycles. The van der Waals surface area contributed by atoms with Gasteiger partial charge in [-0.2, -0.15) is 0 Å². The van der Waals surface area contributed by atoms with E-state index in [1.54, 1.807) is 24.4 Å². The molecule has 102 valence electrons. The van der Waals surface area contributed by atoms with Crippen molar-refractivity contribution in [3.63, 3.8) is 0 Å². The van der Waals surface area contributed by atoms with Gasteiger partial charge in [-0.15, -0.1) is 0 Å². The Bertz CT molecular complexity index is 631. The molecule has 0 spiro atoms. The maximum Gasteiger partial charge on any atom is 0.161 e.